The van der Waals surface area contributed by atoms with E-state index >= 15 is 0 Å². The van der Waals surface area contributed by atoms with E-state index in [9.17, 15) is 8.42 Å². The zero-order valence-electron chi connectivity index (χ0n) is 8.79. The average Bonchev–Trinajstić information content (AvgIpc) is 2.29. The van der Waals surface area contributed by atoms with Crippen LogP contribution in [-0.2, 0) is 9.84 Å². The van der Waals surface area contributed by atoms with Gasteiger partial charge in [-0.05, 0) is 17.7 Å². The number of benzene rings is 1. The molecule has 0 atom stereocenters. The predicted molar refractivity (Wildman–Crippen MR) is 62.8 cm³/mol. The molecular formula is C12H11NO2S. The van der Waals surface area contributed by atoms with Gasteiger partial charge in [-0.25, -0.2) is 13.4 Å². The van der Waals surface area contributed by atoms with Crippen molar-refractivity contribution >= 4 is 9.84 Å². The number of aromatic nitrogens is 1. The molecule has 1 heterocycles. The zero-order valence-corrected chi connectivity index (χ0v) is 9.61. The van der Waals surface area contributed by atoms with Crippen molar-refractivity contribution in [2.24, 2.45) is 0 Å². The minimum atomic E-state index is -3.29. The van der Waals surface area contributed by atoms with Gasteiger partial charge in [-0.3, -0.25) is 0 Å². The molecule has 0 aliphatic rings. The van der Waals surface area contributed by atoms with Gasteiger partial charge in [-0.1, -0.05) is 30.3 Å². The Morgan fingerprint density at radius 1 is 1.00 bits per heavy atom. The highest BCUT2D eigenvalue weighted by atomic mass is 32.2. The number of hydrogen-bond donors (Lipinski definition) is 0. The Hall–Kier alpha value is -1.68. The van der Waals surface area contributed by atoms with E-state index in [2.05, 4.69) is 4.98 Å². The minimum absolute atomic E-state index is 0.126. The topological polar surface area (TPSA) is 47.0 Å². The summed E-state index contributed by atoms with van der Waals surface area (Å²) in [5.74, 6) is 0. The second kappa shape index (κ2) is 4.06. The van der Waals surface area contributed by atoms with Gasteiger partial charge < -0.3 is 0 Å². The van der Waals surface area contributed by atoms with E-state index in [-0.39, 0.29) is 5.03 Å². The molecule has 0 saturated heterocycles. The van der Waals surface area contributed by atoms with Gasteiger partial charge in [0.25, 0.3) is 0 Å². The Labute approximate surface area is 94.7 Å². The summed E-state index contributed by atoms with van der Waals surface area (Å²) in [6, 6.07) is 12.9. The van der Waals surface area contributed by atoms with Crippen LogP contribution in [0.3, 0.4) is 0 Å². The largest absolute Gasteiger partial charge is 0.244 e. The standard InChI is InChI=1S/C12H11NO2S/c1-16(14,15)12-11(8-5-9-13-12)10-6-3-2-4-7-10/h2-9H,1H3. The Bertz CT molecular complexity index is 591. The first kappa shape index (κ1) is 10.8. The molecule has 0 fully saturated rings. The molecule has 2 rings (SSSR count). The van der Waals surface area contributed by atoms with Gasteiger partial charge in [0, 0.05) is 18.0 Å². The maximum absolute atomic E-state index is 11.6. The second-order valence-corrected chi connectivity index (χ2v) is 5.43. The lowest BCUT2D eigenvalue weighted by Gasteiger charge is -2.06. The van der Waals surface area contributed by atoms with E-state index in [0.717, 1.165) is 5.56 Å². The van der Waals surface area contributed by atoms with Crippen molar-refractivity contribution in [3.05, 3.63) is 48.7 Å². The Balaban J connectivity index is 2.68. The van der Waals surface area contributed by atoms with Gasteiger partial charge in [0.1, 0.15) is 0 Å². The van der Waals surface area contributed by atoms with Crippen LogP contribution in [0, 0.1) is 0 Å². The molecule has 0 radical (unpaired) electrons. The molecule has 0 aliphatic heterocycles. The fourth-order valence-electron chi connectivity index (χ4n) is 1.52. The van der Waals surface area contributed by atoms with Crippen LogP contribution in [0.25, 0.3) is 11.1 Å². The summed E-state index contributed by atoms with van der Waals surface area (Å²) in [5.41, 5.74) is 1.50. The van der Waals surface area contributed by atoms with Crippen LogP contribution in [0.2, 0.25) is 0 Å². The number of hydrogen-bond acceptors (Lipinski definition) is 3. The minimum Gasteiger partial charge on any atom is -0.244 e. The Kier molecular flexibility index (Phi) is 2.75. The van der Waals surface area contributed by atoms with E-state index in [4.69, 9.17) is 0 Å². The van der Waals surface area contributed by atoms with Crippen LogP contribution in [0.4, 0.5) is 0 Å². The highest BCUT2D eigenvalue weighted by Gasteiger charge is 2.15. The maximum Gasteiger partial charge on any atom is 0.193 e. The summed E-state index contributed by atoms with van der Waals surface area (Å²) in [6.07, 6.45) is 2.66. The number of rotatable bonds is 2. The van der Waals surface area contributed by atoms with Crippen molar-refractivity contribution in [2.75, 3.05) is 6.26 Å². The third-order valence-corrected chi connectivity index (χ3v) is 3.23. The Morgan fingerprint density at radius 2 is 1.69 bits per heavy atom. The molecule has 4 heteroatoms. The number of nitrogens with zero attached hydrogens (tertiary/aromatic N) is 1. The van der Waals surface area contributed by atoms with Gasteiger partial charge in [-0.15, -0.1) is 0 Å². The summed E-state index contributed by atoms with van der Waals surface area (Å²) < 4.78 is 23.1. The van der Waals surface area contributed by atoms with Gasteiger partial charge in [0.2, 0.25) is 0 Å². The lowest BCUT2D eigenvalue weighted by molar-refractivity contribution is 0.598. The van der Waals surface area contributed by atoms with Crippen LogP contribution in [0.1, 0.15) is 0 Å². The van der Waals surface area contributed by atoms with E-state index in [0.29, 0.717) is 5.56 Å². The fourth-order valence-corrected chi connectivity index (χ4v) is 2.36. The van der Waals surface area contributed by atoms with Crippen molar-refractivity contribution in [2.45, 2.75) is 5.03 Å². The zero-order chi connectivity index (χ0) is 11.6. The first-order chi connectivity index (χ1) is 7.59. The monoisotopic (exact) mass is 233 g/mol. The van der Waals surface area contributed by atoms with Crippen molar-refractivity contribution in [1.82, 2.24) is 4.98 Å². The molecule has 1 aromatic carbocycles. The van der Waals surface area contributed by atoms with Crippen molar-refractivity contribution in [3.8, 4) is 11.1 Å². The van der Waals surface area contributed by atoms with Crippen LogP contribution < -0.4 is 0 Å². The predicted octanol–water partition coefficient (Wildman–Crippen LogP) is 2.15. The number of pyridine rings is 1. The van der Waals surface area contributed by atoms with Crippen molar-refractivity contribution in [3.63, 3.8) is 0 Å². The lowest BCUT2D eigenvalue weighted by Crippen LogP contribution is -2.02. The van der Waals surface area contributed by atoms with Crippen LogP contribution in [-0.4, -0.2) is 19.7 Å². The normalized spacial score (nSPS) is 11.3. The van der Waals surface area contributed by atoms with E-state index in [1.165, 1.54) is 12.5 Å². The molecule has 0 saturated carbocycles. The number of sulfone groups is 1. The lowest BCUT2D eigenvalue weighted by atomic mass is 10.1. The summed E-state index contributed by atoms with van der Waals surface area (Å²) in [7, 11) is -3.29. The SMILES string of the molecule is CS(=O)(=O)c1ncccc1-c1ccccc1. The molecule has 0 aliphatic carbocycles. The van der Waals surface area contributed by atoms with Gasteiger partial charge in [0.15, 0.2) is 14.9 Å². The summed E-state index contributed by atoms with van der Waals surface area (Å²) in [6.45, 7) is 0. The smallest absolute Gasteiger partial charge is 0.193 e. The van der Waals surface area contributed by atoms with Gasteiger partial charge >= 0.3 is 0 Å². The summed E-state index contributed by atoms with van der Waals surface area (Å²) in [5, 5.41) is 0.126. The van der Waals surface area contributed by atoms with Crippen molar-refractivity contribution in [1.29, 1.82) is 0 Å². The summed E-state index contributed by atoms with van der Waals surface area (Å²) in [4.78, 5) is 3.94. The molecule has 0 bridgehead atoms. The first-order valence-electron chi connectivity index (χ1n) is 4.79. The molecule has 82 valence electrons. The molecule has 3 nitrogen and oxygen atoms in total. The highest BCUT2D eigenvalue weighted by Crippen LogP contribution is 2.24. The molecule has 0 amide bonds. The average molecular weight is 233 g/mol. The van der Waals surface area contributed by atoms with Gasteiger partial charge in [-0.2, -0.15) is 0 Å². The third kappa shape index (κ3) is 2.12. The maximum atomic E-state index is 11.6. The molecule has 1 aromatic heterocycles. The Morgan fingerprint density at radius 3 is 2.31 bits per heavy atom. The molecule has 0 spiro atoms. The third-order valence-electron chi connectivity index (χ3n) is 2.21. The second-order valence-electron chi connectivity index (χ2n) is 3.49. The molecule has 0 unspecified atom stereocenters. The quantitative estimate of drug-likeness (QED) is 0.798. The molecule has 16 heavy (non-hydrogen) atoms. The molecule has 0 N–H and O–H groups in total. The van der Waals surface area contributed by atoms with Crippen molar-refractivity contribution < 1.29 is 8.42 Å². The fraction of sp³-hybridized carbons (Fsp3) is 0.0833. The molecule has 2 aromatic rings. The van der Waals surface area contributed by atoms with E-state index < -0.39 is 9.84 Å². The van der Waals surface area contributed by atoms with Crippen LogP contribution >= 0.6 is 0 Å². The van der Waals surface area contributed by atoms with E-state index in [1.807, 2.05) is 30.3 Å². The highest BCUT2D eigenvalue weighted by molar-refractivity contribution is 7.90. The molecular weight excluding hydrogens is 222 g/mol. The van der Waals surface area contributed by atoms with E-state index in [1.54, 1.807) is 12.1 Å². The van der Waals surface area contributed by atoms with Crippen LogP contribution in [0.15, 0.2) is 53.7 Å². The first-order valence-corrected chi connectivity index (χ1v) is 6.68. The van der Waals surface area contributed by atoms with Crippen LogP contribution in [0.5, 0.6) is 0 Å². The summed E-state index contributed by atoms with van der Waals surface area (Å²) >= 11 is 0. The van der Waals surface area contributed by atoms with Gasteiger partial charge in [0.05, 0.1) is 0 Å².